The number of allylic oxidation sites excluding steroid dienone is 1. The number of rotatable bonds is 4. The molecule has 0 aromatic heterocycles. The summed E-state index contributed by atoms with van der Waals surface area (Å²) in [5, 5.41) is 0. The Bertz CT molecular complexity index is 572. The highest BCUT2D eigenvalue weighted by Crippen LogP contribution is 2.55. The molecule has 0 bridgehead atoms. The highest BCUT2D eigenvalue weighted by molar-refractivity contribution is 5.83. The van der Waals surface area contributed by atoms with Gasteiger partial charge < -0.3 is 9.47 Å². The molecule has 0 amide bonds. The number of methoxy groups -OCH3 is 1. The molecule has 25 heavy (non-hydrogen) atoms. The van der Waals surface area contributed by atoms with Crippen LogP contribution in [0.3, 0.4) is 0 Å². The summed E-state index contributed by atoms with van der Waals surface area (Å²) in [6.07, 6.45) is 6.23. The second-order valence-corrected chi connectivity index (χ2v) is 8.31. The minimum Gasteiger partial charge on any atom is -0.469 e. The van der Waals surface area contributed by atoms with Gasteiger partial charge in [0.25, 0.3) is 0 Å². The third-order valence-electron chi connectivity index (χ3n) is 6.25. The fraction of sp³-hybridized carbons (Fsp3) is 0.714. The Morgan fingerprint density at radius 2 is 1.92 bits per heavy atom. The van der Waals surface area contributed by atoms with Crippen molar-refractivity contribution in [2.24, 2.45) is 23.2 Å². The Labute approximate surface area is 151 Å². The van der Waals surface area contributed by atoms with E-state index in [0.717, 1.165) is 43.3 Å². The lowest BCUT2D eigenvalue weighted by molar-refractivity contribution is -0.148. The number of carbonyl (C=O) groups is 2. The zero-order valence-corrected chi connectivity index (χ0v) is 16.3. The van der Waals surface area contributed by atoms with Crippen LogP contribution in [-0.2, 0) is 19.1 Å². The molecule has 0 saturated heterocycles. The van der Waals surface area contributed by atoms with E-state index in [9.17, 15) is 9.59 Å². The molecule has 0 radical (unpaired) electrons. The molecule has 5 atom stereocenters. The summed E-state index contributed by atoms with van der Waals surface area (Å²) >= 11 is 0. The number of hydrogen-bond donors (Lipinski definition) is 0. The second-order valence-electron chi connectivity index (χ2n) is 8.31. The van der Waals surface area contributed by atoms with E-state index in [2.05, 4.69) is 13.5 Å². The maximum absolute atomic E-state index is 12.0. The third-order valence-corrected chi connectivity index (χ3v) is 6.25. The van der Waals surface area contributed by atoms with Crippen LogP contribution in [0.2, 0.25) is 0 Å². The van der Waals surface area contributed by atoms with Crippen molar-refractivity contribution in [1.29, 1.82) is 0 Å². The molecule has 0 unspecified atom stereocenters. The Hall–Kier alpha value is -1.58. The lowest BCUT2D eigenvalue weighted by Crippen LogP contribution is -2.45. The number of ether oxygens (including phenoxy) is 2. The highest BCUT2D eigenvalue weighted by Gasteiger charge is 2.48. The maximum atomic E-state index is 12.0. The molecule has 4 nitrogen and oxygen atoms in total. The first-order valence-corrected chi connectivity index (χ1v) is 9.30. The van der Waals surface area contributed by atoms with Crippen LogP contribution in [0.1, 0.15) is 59.8 Å². The molecule has 2 rings (SSSR count). The average Bonchev–Trinajstić information content (AvgIpc) is 2.55. The largest absolute Gasteiger partial charge is 0.469 e. The van der Waals surface area contributed by atoms with Crippen LogP contribution in [0.5, 0.6) is 0 Å². The SMILES string of the molecule is C=C1[C@@H](OC(=O)C=C(C)C)CC[C@]2(C)CC[C@@H]([C@@H](C)C(=O)OC)C[C@@H]12. The van der Waals surface area contributed by atoms with E-state index in [1.807, 2.05) is 20.8 Å². The summed E-state index contributed by atoms with van der Waals surface area (Å²) < 4.78 is 10.6. The molecule has 0 aromatic carbocycles. The van der Waals surface area contributed by atoms with Crippen molar-refractivity contribution < 1.29 is 19.1 Å². The van der Waals surface area contributed by atoms with Gasteiger partial charge >= 0.3 is 11.9 Å². The van der Waals surface area contributed by atoms with Crippen molar-refractivity contribution in [3.05, 3.63) is 23.8 Å². The van der Waals surface area contributed by atoms with Crippen molar-refractivity contribution in [3.8, 4) is 0 Å². The fourth-order valence-electron chi connectivity index (χ4n) is 4.54. The molecular formula is C21H32O4. The number of fused-ring (bicyclic) bond motifs is 1. The predicted octanol–water partition coefficient (Wildman–Crippen LogP) is 4.45. The molecule has 0 N–H and O–H groups in total. The van der Waals surface area contributed by atoms with Gasteiger partial charge in [-0.25, -0.2) is 4.79 Å². The van der Waals surface area contributed by atoms with E-state index in [1.165, 1.54) is 13.2 Å². The third kappa shape index (κ3) is 4.34. The lowest BCUT2D eigenvalue weighted by Gasteiger charge is -2.51. The van der Waals surface area contributed by atoms with Gasteiger partial charge in [0.15, 0.2) is 0 Å². The van der Waals surface area contributed by atoms with E-state index in [4.69, 9.17) is 9.47 Å². The zero-order valence-electron chi connectivity index (χ0n) is 16.3. The summed E-state index contributed by atoms with van der Waals surface area (Å²) in [6, 6.07) is 0. The van der Waals surface area contributed by atoms with Crippen LogP contribution in [0.15, 0.2) is 23.8 Å². The van der Waals surface area contributed by atoms with E-state index < -0.39 is 0 Å². The Kier molecular flexibility index (Phi) is 6.12. The highest BCUT2D eigenvalue weighted by atomic mass is 16.5. The monoisotopic (exact) mass is 348 g/mol. The van der Waals surface area contributed by atoms with Gasteiger partial charge in [0.1, 0.15) is 6.10 Å². The number of esters is 2. The fourth-order valence-corrected chi connectivity index (χ4v) is 4.54. The average molecular weight is 348 g/mol. The van der Waals surface area contributed by atoms with Crippen LogP contribution in [0, 0.1) is 23.2 Å². The Morgan fingerprint density at radius 1 is 1.28 bits per heavy atom. The molecule has 2 saturated carbocycles. The van der Waals surface area contributed by atoms with Crippen molar-refractivity contribution in [2.45, 2.75) is 65.9 Å². The summed E-state index contributed by atoms with van der Waals surface area (Å²) in [5.41, 5.74) is 2.15. The van der Waals surface area contributed by atoms with Crippen LogP contribution in [0.25, 0.3) is 0 Å². The van der Waals surface area contributed by atoms with Gasteiger partial charge in [0.2, 0.25) is 0 Å². The second kappa shape index (κ2) is 7.76. The predicted molar refractivity (Wildman–Crippen MR) is 97.8 cm³/mol. The standard InChI is InChI=1S/C21H32O4/c1-13(2)11-19(22)25-18-8-10-21(5)9-7-16(12-17(21)15(18)4)14(3)20(23)24-6/h11,14,16-18H,4,7-10,12H2,1-3,5-6H3/t14-,16-,17+,18+,21+/m1/s1. The van der Waals surface area contributed by atoms with Gasteiger partial charge in [0.05, 0.1) is 13.0 Å². The number of hydrogen-bond acceptors (Lipinski definition) is 4. The molecule has 4 heteroatoms. The molecule has 2 aliphatic carbocycles. The molecule has 140 valence electrons. The van der Waals surface area contributed by atoms with Gasteiger partial charge in [-0.05, 0) is 68.8 Å². The molecule has 0 aromatic rings. The van der Waals surface area contributed by atoms with Gasteiger partial charge in [-0.1, -0.05) is 26.0 Å². The first kappa shape index (κ1) is 19.7. The molecule has 0 heterocycles. The van der Waals surface area contributed by atoms with E-state index in [-0.39, 0.29) is 35.3 Å². The molecule has 0 aliphatic heterocycles. The van der Waals surface area contributed by atoms with E-state index in [1.54, 1.807) is 0 Å². The normalized spacial score (nSPS) is 33.0. The van der Waals surface area contributed by atoms with Crippen LogP contribution in [0.4, 0.5) is 0 Å². The topological polar surface area (TPSA) is 52.6 Å². The summed E-state index contributed by atoms with van der Waals surface area (Å²) in [7, 11) is 1.45. The molecule has 2 aliphatic rings. The molecule has 0 spiro atoms. The quantitative estimate of drug-likeness (QED) is 0.428. The molecular weight excluding hydrogens is 316 g/mol. The number of carbonyl (C=O) groups excluding carboxylic acids is 2. The van der Waals surface area contributed by atoms with Crippen LogP contribution < -0.4 is 0 Å². The van der Waals surface area contributed by atoms with Crippen molar-refractivity contribution in [2.75, 3.05) is 7.11 Å². The first-order valence-electron chi connectivity index (χ1n) is 9.30. The van der Waals surface area contributed by atoms with Gasteiger partial charge in [-0.15, -0.1) is 0 Å². The Balaban J connectivity index is 2.10. The Morgan fingerprint density at radius 3 is 2.52 bits per heavy atom. The maximum Gasteiger partial charge on any atom is 0.331 e. The van der Waals surface area contributed by atoms with Gasteiger partial charge in [0, 0.05) is 6.08 Å². The first-order chi connectivity index (χ1) is 11.7. The van der Waals surface area contributed by atoms with Gasteiger partial charge in [-0.3, -0.25) is 4.79 Å². The summed E-state index contributed by atoms with van der Waals surface area (Å²) in [6.45, 7) is 12.3. The van der Waals surface area contributed by atoms with Crippen LogP contribution >= 0.6 is 0 Å². The van der Waals surface area contributed by atoms with Crippen LogP contribution in [-0.4, -0.2) is 25.2 Å². The summed E-state index contributed by atoms with van der Waals surface area (Å²) in [5.74, 6) is 0.0636. The minimum absolute atomic E-state index is 0.101. The van der Waals surface area contributed by atoms with Crippen molar-refractivity contribution in [1.82, 2.24) is 0 Å². The van der Waals surface area contributed by atoms with Gasteiger partial charge in [-0.2, -0.15) is 0 Å². The van der Waals surface area contributed by atoms with Crippen molar-refractivity contribution >= 4 is 11.9 Å². The van der Waals surface area contributed by atoms with E-state index >= 15 is 0 Å². The molecule has 2 fully saturated rings. The smallest absolute Gasteiger partial charge is 0.331 e. The summed E-state index contributed by atoms with van der Waals surface area (Å²) in [4.78, 5) is 23.9. The lowest BCUT2D eigenvalue weighted by atomic mass is 9.55. The zero-order chi connectivity index (χ0) is 18.8. The minimum atomic E-state index is -0.287. The van der Waals surface area contributed by atoms with Crippen molar-refractivity contribution in [3.63, 3.8) is 0 Å². The van der Waals surface area contributed by atoms with E-state index in [0.29, 0.717) is 5.92 Å².